The van der Waals surface area contributed by atoms with Crippen LogP contribution in [0.15, 0.2) is 23.6 Å². The largest absolute Gasteiger partial charge is 0.494 e. The van der Waals surface area contributed by atoms with Gasteiger partial charge >= 0.3 is 0 Å². The van der Waals surface area contributed by atoms with Crippen LogP contribution >= 0.6 is 22.7 Å². The van der Waals surface area contributed by atoms with E-state index in [1.165, 1.54) is 22.7 Å². The highest BCUT2D eigenvalue weighted by molar-refractivity contribution is 7.22. The Labute approximate surface area is 141 Å². The molecule has 1 unspecified atom stereocenters. The van der Waals surface area contributed by atoms with Gasteiger partial charge in [-0.05, 0) is 19.1 Å². The summed E-state index contributed by atoms with van der Waals surface area (Å²) in [6, 6.07) is 5.57. The molecule has 6 nitrogen and oxygen atoms in total. The van der Waals surface area contributed by atoms with E-state index in [4.69, 9.17) is 10.5 Å². The van der Waals surface area contributed by atoms with Crippen LogP contribution in [0.4, 0.5) is 5.13 Å². The van der Waals surface area contributed by atoms with Crippen LogP contribution in [0, 0.1) is 0 Å². The van der Waals surface area contributed by atoms with E-state index in [-0.39, 0.29) is 18.4 Å². The number of ether oxygens (including phenoxy) is 1. The minimum atomic E-state index is -0.149. The zero-order valence-corrected chi connectivity index (χ0v) is 14.3. The van der Waals surface area contributed by atoms with Gasteiger partial charge in [-0.15, -0.1) is 11.3 Å². The molecule has 2 aromatic heterocycles. The second-order valence-electron chi connectivity index (χ2n) is 5.02. The molecule has 1 aromatic carbocycles. The third-order valence-corrected chi connectivity index (χ3v) is 5.18. The maximum Gasteiger partial charge on any atom is 0.232 e. The summed E-state index contributed by atoms with van der Waals surface area (Å²) in [5, 5.41) is 6.06. The fraction of sp³-hybridized carbons (Fsp3) is 0.267. The van der Waals surface area contributed by atoms with E-state index in [0.717, 1.165) is 20.9 Å². The average Bonchev–Trinajstić information content (AvgIpc) is 3.12. The first kappa shape index (κ1) is 15.9. The van der Waals surface area contributed by atoms with E-state index >= 15 is 0 Å². The number of anilines is 1. The molecule has 0 bridgehead atoms. The van der Waals surface area contributed by atoms with Gasteiger partial charge in [0.2, 0.25) is 5.91 Å². The van der Waals surface area contributed by atoms with Crippen molar-refractivity contribution in [2.75, 3.05) is 12.4 Å². The Balaban J connectivity index is 1.72. The molecule has 0 fully saturated rings. The Bertz CT molecular complexity index is 841. The standard InChI is InChI=1S/C15H16N4O2S2/c1-8(16)14-17-9(7-22-14)6-12(20)18-15-19-13-10(21-2)4-3-5-11(13)23-15/h3-5,7-8H,6,16H2,1-2H3,(H,18,19,20). The maximum atomic E-state index is 12.1. The van der Waals surface area contributed by atoms with Crippen molar-refractivity contribution in [2.45, 2.75) is 19.4 Å². The SMILES string of the molecule is COc1cccc2sc(NC(=O)Cc3csc(C(C)N)n3)nc12. The lowest BCUT2D eigenvalue weighted by Gasteiger charge is -2.00. The molecule has 2 heterocycles. The summed E-state index contributed by atoms with van der Waals surface area (Å²) in [5.74, 6) is 0.546. The number of carbonyl (C=O) groups is 1. The molecule has 0 aliphatic heterocycles. The number of carbonyl (C=O) groups excluding carboxylic acids is 1. The number of rotatable bonds is 5. The zero-order valence-electron chi connectivity index (χ0n) is 12.7. The van der Waals surface area contributed by atoms with Crippen molar-refractivity contribution in [3.63, 3.8) is 0 Å². The molecule has 3 N–H and O–H groups in total. The number of nitrogens with zero attached hydrogens (tertiary/aromatic N) is 2. The lowest BCUT2D eigenvalue weighted by atomic mass is 10.3. The minimum absolute atomic E-state index is 0.117. The lowest BCUT2D eigenvalue weighted by molar-refractivity contribution is -0.115. The van der Waals surface area contributed by atoms with Gasteiger partial charge in [0.05, 0.1) is 30.0 Å². The number of fused-ring (bicyclic) bond motifs is 1. The summed E-state index contributed by atoms with van der Waals surface area (Å²) in [6.45, 7) is 1.87. The van der Waals surface area contributed by atoms with Crippen molar-refractivity contribution < 1.29 is 9.53 Å². The van der Waals surface area contributed by atoms with Crippen LogP contribution in [-0.4, -0.2) is 23.0 Å². The van der Waals surface area contributed by atoms with Gasteiger partial charge in [-0.3, -0.25) is 4.79 Å². The molecule has 3 aromatic rings. The summed E-state index contributed by atoms with van der Waals surface area (Å²) in [6.07, 6.45) is 0.205. The molecular weight excluding hydrogens is 332 g/mol. The molecular formula is C15H16N4O2S2. The second kappa shape index (κ2) is 6.61. The number of benzene rings is 1. The first-order chi connectivity index (χ1) is 11.1. The Hall–Kier alpha value is -2.03. The zero-order chi connectivity index (χ0) is 16.4. The maximum absolute atomic E-state index is 12.1. The van der Waals surface area contributed by atoms with E-state index in [9.17, 15) is 4.79 Å². The molecule has 1 atom stereocenters. The number of nitrogens with one attached hydrogen (secondary N) is 1. The van der Waals surface area contributed by atoms with Crippen LogP contribution in [0.5, 0.6) is 5.75 Å². The van der Waals surface area contributed by atoms with Crippen LogP contribution in [0.2, 0.25) is 0 Å². The molecule has 0 radical (unpaired) electrons. The van der Waals surface area contributed by atoms with E-state index in [2.05, 4.69) is 15.3 Å². The van der Waals surface area contributed by atoms with Crippen molar-refractivity contribution in [1.82, 2.24) is 9.97 Å². The fourth-order valence-electron chi connectivity index (χ4n) is 2.08. The monoisotopic (exact) mass is 348 g/mol. The number of methoxy groups -OCH3 is 1. The molecule has 23 heavy (non-hydrogen) atoms. The first-order valence-corrected chi connectivity index (χ1v) is 8.69. The van der Waals surface area contributed by atoms with Crippen molar-refractivity contribution in [3.8, 4) is 5.75 Å². The molecule has 0 saturated heterocycles. The Morgan fingerprint density at radius 3 is 2.96 bits per heavy atom. The first-order valence-electron chi connectivity index (χ1n) is 7.00. The van der Waals surface area contributed by atoms with Crippen molar-refractivity contribution in [3.05, 3.63) is 34.3 Å². The van der Waals surface area contributed by atoms with E-state index in [0.29, 0.717) is 10.9 Å². The summed E-state index contributed by atoms with van der Waals surface area (Å²) >= 11 is 2.88. The van der Waals surface area contributed by atoms with Gasteiger partial charge in [0.15, 0.2) is 5.13 Å². The van der Waals surface area contributed by atoms with E-state index < -0.39 is 0 Å². The van der Waals surface area contributed by atoms with Gasteiger partial charge in [0.1, 0.15) is 16.3 Å². The summed E-state index contributed by atoms with van der Waals surface area (Å²) in [7, 11) is 1.60. The molecule has 0 saturated carbocycles. The molecule has 120 valence electrons. The Morgan fingerprint density at radius 2 is 2.26 bits per heavy atom. The predicted octanol–water partition coefficient (Wildman–Crippen LogP) is 2.96. The van der Waals surface area contributed by atoms with Crippen LogP contribution in [-0.2, 0) is 11.2 Å². The van der Waals surface area contributed by atoms with Crippen LogP contribution in [0.1, 0.15) is 23.7 Å². The smallest absolute Gasteiger partial charge is 0.232 e. The molecule has 1 amide bonds. The Morgan fingerprint density at radius 1 is 1.43 bits per heavy atom. The number of hydrogen-bond donors (Lipinski definition) is 2. The highest BCUT2D eigenvalue weighted by Crippen LogP contribution is 2.32. The number of nitrogens with two attached hydrogens (primary N) is 1. The third kappa shape index (κ3) is 3.49. The highest BCUT2D eigenvalue weighted by atomic mass is 32.1. The van der Waals surface area contributed by atoms with E-state index in [1.807, 2.05) is 30.5 Å². The van der Waals surface area contributed by atoms with Gasteiger partial charge in [-0.1, -0.05) is 17.4 Å². The number of hydrogen-bond acceptors (Lipinski definition) is 7. The normalized spacial score (nSPS) is 12.3. The predicted molar refractivity (Wildman–Crippen MR) is 93.2 cm³/mol. The van der Waals surface area contributed by atoms with Gasteiger partial charge in [-0.2, -0.15) is 0 Å². The number of aromatic nitrogens is 2. The van der Waals surface area contributed by atoms with Gasteiger partial charge in [0, 0.05) is 5.38 Å². The second-order valence-corrected chi connectivity index (χ2v) is 6.94. The highest BCUT2D eigenvalue weighted by Gasteiger charge is 2.13. The van der Waals surface area contributed by atoms with Gasteiger partial charge in [0.25, 0.3) is 0 Å². The van der Waals surface area contributed by atoms with Crippen LogP contribution in [0.25, 0.3) is 10.2 Å². The summed E-state index contributed by atoms with van der Waals surface area (Å²) in [4.78, 5) is 20.9. The van der Waals surface area contributed by atoms with E-state index in [1.54, 1.807) is 7.11 Å². The van der Waals surface area contributed by atoms with Gasteiger partial charge < -0.3 is 15.8 Å². The quantitative estimate of drug-likeness (QED) is 0.740. The topological polar surface area (TPSA) is 90.1 Å². The Kier molecular flexibility index (Phi) is 4.56. The number of thiazole rings is 2. The number of amides is 1. The average molecular weight is 348 g/mol. The van der Waals surface area contributed by atoms with Crippen molar-refractivity contribution in [1.29, 1.82) is 0 Å². The van der Waals surface area contributed by atoms with Crippen molar-refractivity contribution in [2.24, 2.45) is 5.73 Å². The molecule has 3 rings (SSSR count). The van der Waals surface area contributed by atoms with Crippen LogP contribution in [0.3, 0.4) is 0 Å². The molecule has 0 spiro atoms. The lowest BCUT2D eigenvalue weighted by Crippen LogP contribution is -2.14. The van der Waals surface area contributed by atoms with Crippen molar-refractivity contribution >= 4 is 43.9 Å². The van der Waals surface area contributed by atoms with Crippen LogP contribution < -0.4 is 15.8 Å². The number of para-hydroxylation sites is 1. The fourth-order valence-corrected chi connectivity index (χ4v) is 3.76. The molecule has 0 aliphatic carbocycles. The third-order valence-electron chi connectivity index (χ3n) is 3.15. The van der Waals surface area contributed by atoms with Gasteiger partial charge in [-0.25, -0.2) is 9.97 Å². The summed E-state index contributed by atoms with van der Waals surface area (Å²) < 4.78 is 6.24. The molecule has 8 heteroatoms. The minimum Gasteiger partial charge on any atom is -0.494 e. The molecule has 0 aliphatic rings. The summed E-state index contributed by atoms with van der Waals surface area (Å²) in [5.41, 5.74) is 7.25.